The molecule has 3 nitrogen and oxygen atoms in total. The fourth-order valence-corrected chi connectivity index (χ4v) is 2.68. The zero-order valence-electron chi connectivity index (χ0n) is 10.2. The van der Waals surface area contributed by atoms with Crippen molar-refractivity contribution in [3.05, 3.63) is 35.9 Å². The molecule has 16 heavy (non-hydrogen) atoms. The van der Waals surface area contributed by atoms with E-state index in [1.165, 1.54) is 0 Å². The minimum absolute atomic E-state index is 0.0428. The SMILES string of the molecule is CC1(C)C(=O)O[N+](C)(C)C1c1ccccc1. The molecule has 1 saturated heterocycles. The molecule has 0 saturated carbocycles. The van der Waals surface area contributed by atoms with Crippen LogP contribution in [0.15, 0.2) is 30.3 Å². The summed E-state index contributed by atoms with van der Waals surface area (Å²) in [5.74, 6) is -0.133. The van der Waals surface area contributed by atoms with Crippen LogP contribution in [0.2, 0.25) is 0 Å². The second kappa shape index (κ2) is 3.32. The number of hydrogen-bond acceptors (Lipinski definition) is 2. The highest BCUT2D eigenvalue weighted by molar-refractivity contribution is 5.77. The number of benzene rings is 1. The Morgan fingerprint density at radius 1 is 1.19 bits per heavy atom. The van der Waals surface area contributed by atoms with Gasteiger partial charge in [0.05, 0.1) is 0 Å². The van der Waals surface area contributed by atoms with E-state index in [-0.39, 0.29) is 16.7 Å². The van der Waals surface area contributed by atoms with Gasteiger partial charge >= 0.3 is 5.97 Å². The van der Waals surface area contributed by atoms with Crippen LogP contribution in [-0.2, 0) is 9.63 Å². The van der Waals surface area contributed by atoms with Gasteiger partial charge in [0, 0.05) is 5.56 Å². The molecule has 1 aromatic carbocycles. The van der Waals surface area contributed by atoms with Gasteiger partial charge < -0.3 is 0 Å². The first-order chi connectivity index (χ1) is 7.36. The van der Waals surface area contributed by atoms with Crippen molar-refractivity contribution in [2.75, 3.05) is 14.1 Å². The molecule has 1 unspecified atom stereocenters. The summed E-state index contributed by atoms with van der Waals surface area (Å²) in [6.07, 6.45) is 0. The van der Waals surface area contributed by atoms with Crippen LogP contribution in [0, 0.1) is 5.41 Å². The van der Waals surface area contributed by atoms with E-state index in [9.17, 15) is 4.79 Å². The van der Waals surface area contributed by atoms with E-state index in [1.807, 2.05) is 58.3 Å². The molecule has 3 heteroatoms. The predicted octanol–water partition coefficient (Wildman–Crippen LogP) is 2.30. The van der Waals surface area contributed by atoms with Crippen molar-refractivity contribution in [2.45, 2.75) is 19.9 Å². The maximum absolute atomic E-state index is 11.9. The smallest absolute Gasteiger partial charge is 0.276 e. The molecule has 0 aliphatic carbocycles. The number of quaternary nitrogens is 1. The van der Waals surface area contributed by atoms with Crippen molar-refractivity contribution in [3.8, 4) is 0 Å². The molecular weight excluding hydrogens is 202 g/mol. The summed E-state index contributed by atoms with van der Waals surface area (Å²) in [6.45, 7) is 3.89. The molecule has 1 aliphatic heterocycles. The Morgan fingerprint density at radius 3 is 2.19 bits per heavy atom. The average Bonchev–Trinajstić information content (AvgIpc) is 2.33. The highest BCUT2D eigenvalue weighted by atomic mass is 16.8. The van der Waals surface area contributed by atoms with Gasteiger partial charge in [-0.05, 0) is 13.8 Å². The molecule has 0 amide bonds. The van der Waals surface area contributed by atoms with Gasteiger partial charge in [-0.3, -0.25) is 4.84 Å². The molecule has 2 rings (SSSR count). The van der Waals surface area contributed by atoms with Gasteiger partial charge in [-0.25, -0.2) is 4.79 Å². The molecule has 1 fully saturated rings. The zero-order chi connectivity index (χ0) is 12.0. The highest BCUT2D eigenvalue weighted by Gasteiger charge is 2.59. The number of hydroxylamine groups is 3. The van der Waals surface area contributed by atoms with Gasteiger partial charge in [-0.1, -0.05) is 30.3 Å². The minimum Gasteiger partial charge on any atom is -0.276 e. The Hall–Kier alpha value is -1.35. The van der Waals surface area contributed by atoms with E-state index in [0.717, 1.165) is 5.56 Å². The third-order valence-corrected chi connectivity index (χ3v) is 3.26. The molecule has 0 bridgehead atoms. The van der Waals surface area contributed by atoms with Gasteiger partial charge in [0.2, 0.25) is 0 Å². The topological polar surface area (TPSA) is 26.3 Å². The van der Waals surface area contributed by atoms with Gasteiger partial charge in [-0.15, -0.1) is 4.65 Å². The standard InChI is InChI=1S/C13H18NO2/c1-13(2)11(10-8-6-5-7-9-10)14(3,4)16-12(13)15/h5-9,11H,1-4H3/q+1. The minimum atomic E-state index is -0.481. The fraction of sp³-hybridized carbons (Fsp3) is 0.462. The normalized spacial score (nSPS) is 26.5. The first kappa shape index (κ1) is 11.1. The number of hydrogen-bond donors (Lipinski definition) is 0. The summed E-state index contributed by atoms with van der Waals surface area (Å²) in [4.78, 5) is 17.3. The largest absolute Gasteiger partial charge is 0.378 e. The third kappa shape index (κ3) is 1.52. The van der Waals surface area contributed by atoms with Gasteiger partial charge in [0.25, 0.3) is 0 Å². The summed E-state index contributed by atoms with van der Waals surface area (Å²) < 4.78 is 0.260. The lowest BCUT2D eigenvalue weighted by Gasteiger charge is -2.30. The molecular formula is C13H18NO2+. The van der Waals surface area contributed by atoms with E-state index in [0.29, 0.717) is 0 Å². The van der Waals surface area contributed by atoms with Crippen molar-refractivity contribution < 1.29 is 14.3 Å². The van der Waals surface area contributed by atoms with Crippen LogP contribution >= 0.6 is 0 Å². The molecule has 1 atom stereocenters. The Labute approximate surface area is 96.2 Å². The summed E-state index contributed by atoms with van der Waals surface area (Å²) in [7, 11) is 3.84. The molecule has 0 aromatic heterocycles. The molecule has 86 valence electrons. The number of rotatable bonds is 1. The van der Waals surface area contributed by atoms with Gasteiger partial charge in [-0.2, -0.15) is 0 Å². The molecule has 0 radical (unpaired) electrons. The Kier molecular flexibility index (Phi) is 2.31. The molecule has 1 aromatic rings. The molecule has 1 aliphatic rings. The van der Waals surface area contributed by atoms with Crippen molar-refractivity contribution in [2.24, 2.45) is 5.41 Å². The summed E-state index contributed by atoms with van der Waals surface area (Å²) in [5.41, 5.74) is 0.661. The first-order valence-corrected chi connectivity index (χ1v) is 5.48. The molecule has 0 N–H and O–H groups in total. The third-order valence-electron chi connectivity index (χ3n) is 3.26. The Bertz CT molecular complexity index is 409. The van der Waals surface area contributed by atoms with Crippen LogP contribution in [0.3, 0.4) is 0 Å². The van der Waals surface area contributed by atoms with E-state index in [1.54, 1.807) is 0 Å². The van der Waals surface area contributed by atoms with E-state index in [2.05, 4.69) is 0 Å². The first-order valence-electron chi connectivity index (χ1n) is 5.48. The van der Waals surface area contributed by atoms with Crippen molar-refractivity contribution in [1.29, 1.82) is 0 Å². The van der Waals surface area contributed by atoms with Crippen LogP contribution in [-0.4, -0.2) is 24.7 Å². The average molecular weight is 220 g/mol. The highest BCUT2D eigenvalue weighted by Crippen LogP contribution is 2.47. The van der Waals surface area contributed by atoms with Crippen LogP contribution in [0.5, 0.6) is 0 Å². The predicted molar refractivity (Wildman–Crippen MR) is 61.2 cm³/mol. The van der Waals surface area contributed by atoms with E-state index >= 15 is 0 Å². The zero-order valence-corrected chi connectivity index (χ0v) is 10.2. The number of nitrogens with zero attached hydrogens (tertiary/aromatic N) is 1. The Morgan fingerprint density at radius 2 is 1.75 bits per heavy atom. The molecule has 0 spiro atoms. The number of carbonyl (C=O) groups is 1. The molecule has 1 heterocycles. The van der Waals surface area contributed by atoms with Crippen LogP contribution in [0.1, 0.15) is 25.5 Å². The summed E-state index contributed by atoms with van der Waals surface area (Å²) in [5, 5.41) is 0. The van der Waals surface area contributed by atoms with Crippen molar-refractivity contribution in [3.63, 3.8) is 0 Å². The van der Waals surface area contributed by atoms with Crippen LogP contribution < -0.4 is 0 Å². The van der Waals surface area contributed by atoms with Gasteiger partial charge in [0.15, 0.2) is 6.04 Å². The maximum atomic E-state index is 11.9. The quantitative estimate of drug-likeness (QED) is 0.679. The second-order valence-corrected chi connectivity index (χ2v) is 5.35. The maximum Gasteiger partial charge on any atom is 0.378 e. The summed E-state index contributed by atoms with van der Waals surface area (Å²) in [6, 6.07) is 10.1. The van der Waals surface area contributed by atoms with Gasteiger partial charge in [0.1, 0.15) is 19.5 Å². The van der Waals surface area contributed by atoms with Crippen molar-refractivity contribution in [1.82, 2.24) is 0 Å². The van der Waals surface area contributed by atoms with Crippen LogP contribution in [0.25, 0.3) is 0 Å². The lowest BCUT2D eigenvalue weighted by Crippen LogP contribution is -2.40. The lowest BCUT2D eigenvalue weighted by atomic mass is 9.81. The van der Waals surface area contributed by atoms with E-state index in [4.69, 9.17) is 4.84 Å². The monoisotopic (exact) mass is 220 g/mol. The fourth-order valence-electron chi connectivity index (χ4n) is 2.68. The van der Waals surface area contributed by atoms with Crippen LogP contribution in [0.4, 0.5) is 0 Å². The number of carbonyl (C=O) groups excluding carboxylic acids is 1. The lowest BCUT2D eigenvalue weighted by molar-refractivity contribution is -1.07. The second-order valence-electron chi connectivity index (χ2n) is 5.35. The van der Waals surface area contributed by atoms with E-state index < -0.39 is 5.41 Å². The summed E-state index contributed by atoms with van der Waals surface area (Å²) >= 11 is 0. The Balaban J connectivity index is 2.50. The van der Waals surface area contributed by atoms with Crippen molar-refractivity contribution >= 4 is 5.97 Å².